The number of nitrogens with two attached hydrogens (primary N) is 1. The Labute approximate surface area is 120 Å². The molecule has 3 rings (SSSR count). The van der Waals surface area contributed by atoms with Gasteiger partial charge in [-0.15, -0.1) is 0 Å². The highest BCUT2D eigenvalue weighted by atomic mass is 16.1. The fraction of sp³-hybridized carbons (Fsp3) is 0.625. The summed E-state index contributed by atoms with van der Waals surface area (Å²) in [7, 11) is 0. The van der Waals surface area contributed by atoms with Crippen LogP contribution in [-0.2, 0) is 0 Å². The molecule has 1 aliphatic carbocycles. The van der Waals surface area contributed by atoms with E-state index in [-0.39, 0.29) is 0 Å². The Morgan fingerprint density at radius 1 is 1.15 bits per heavy atom. The Kier molecular flexibility index (Phi) is 4.01. The van der Waals surface area contributed by atoms with Crippen molar-refractivity contribution in [3.8, 4) is 0 Å². The molecule has 4 nitrogen and oxygen atoms in total. The maximum absolute atomic E-state index is 11.3. The number of likely N-dealkylation sites (tertiary alicyclic amines) is 1. The molecule has 0 radical (unpaired) electrons. The van der Waals surface area contributed by atoms with E-state index >= 15 is 0 Å². The van der Waals surface area contributed by atoms with E-state index in [0.717, 1.165) is 18.7 Å². The molecule has 2 N–H and O–H groups in total. The second-order valence-electron chi connectivity index (χ2n) is 6.00. The summed E-state index contributed by atoms with van der Waals surface area (Å²) < 4.78 is 0. The number of amides is 1. The zero-order chi connectivity index (χ0) is 13.9. The summed E-state index contributed by atoms with van der Waals surface area (Å²) in [5.74, 6) is -0.436. The molecule has 1 saturated heterocycles. The minimum absolute atomic E-state index is 0.373. The number of aromatic nitrogens is 1. The van der Waals surface area contributed by atoms with Crippen LogP contribution in [0.3, 0.4) is 0 Å². The lowest BCUT2D eigenvalue weighted by Crippen LogP contribution is -2.36. The van der Waals surface area contributed by atoms with Crippen molar-refractivity contribution in [2.24, 2.45) is 5.73 Å². The Morgan fingerprint density at radius 2 is 1.95 bits per heavy atom. The molecule has 2 aliphatic rings. The highest BCUT2D eigenvalue weighted by Crippen LogP contribution is 2.36. The van der Waals surface area contributed by atoms with Gasteiger partial charge in [0.25, 0.3) is 5.91 Å². The standard InChI is InChI=1S/C16H23N3O/c17-16(20)14-9-4-8-13(18-14)15-10-5-11-19(15)12-6-2-1-3-7-12/h4,8-9,12,15H,1-3,5-7,10-11H2,(H2,17,20). The van der Waals surface area contributed by atoms with Gasteiger partial charge >= 0.3 is 0 Å². The van der Waals surface area contributed by atoms with Gasteiger partial charge in [-0.25, -0.2) is 4.98 Å². The van der Waals surface area contributed by atoms with Crippen molar-refractivity contribution in [3.63, 3.8) is 0 Å². The van der Waals surface area contributed by atoms with E-state index in [1.807, 2.05) is 12.1 Å². The van der Waals surface area contributed by atoms with Gasteiger partial charge < -0.3 is 5.73 Å². The van der Waals surface area contributed by atoms with Crippen LogP contribution in [0.15, 0.2) is 18.2 Å². The van der Waals surface area contributed by atoms with Crippen LogP contribution in [0.5, 0.6) is 0 Å². The van der Waals surface area contributed by atoms with Crippen LogP contribution in [0.4, 0.5) is 0 Å². The summed E-state index contributed by atoms with van der Waals surface area (Å²) in [4.78, 5) is 18.4. The quantitative estimate of drug-likeness (QED) is 0.921. The molecule has 0 spiro atoms. The molecule has 1 saturated carbocycles. The van der Waals surface area contributed by atoms with Crippen LogP contribution in [-0.4, -0.2) is 28.4 Å². The third-order valence-corrected chi connectivity index (χ3v) is 4.70. The zero-order valence-electron chi connectivity index (χ0n) is 11.9. The number of primary amides is 1. The Bertz CT molecular complexity index is 482. The molecule has 4 heteroatoms. The van der Waals surface area contributed by atoms with Gasteiger partial charge in [-0.2, -0.15) is 0 Å². The van der Waals surface area contributed by atoms with E-state index < -0.39 is 5.91 Å². The number of pyridine rings is 1. The van der Waals surface area contributed by atoms with Gasteiger partial charge in [-0.05, 0) is 44.4 Å². The predicted molar refractivity (Wildman–Crippen MR) is 78.3 cm³/mol. The molecule has 20 heavy (non-hydrogen) atoms. The van der Waals surface area contributed by atoms with Crippen LogP contribution in [0.1, 0.15) is 67.2 Å². The zero-order valence-corrected chi connectivity index (χ0v) is 11.9. The molecule has 1 aromatic rings. The van der Waals surface area contributed by atoms with Gasteiger partial charge in [0, 0.05) is 6.04 Å². The fourth-order valence-corrected chi connectivity index (χ4v) is 3.73. The molecular weight excluding hydrogens is 250 g/mol. The molecule has 2 fully saturated rings. The molecular formula is C16H23N3O. The van der Waals surface area contributed by atoms with Crippen molar-refractivity contribution in [2.45, 2.75) is 57.0 Å². The van der Waals surface area contributed by atoms with Gasteiger partial charge in [0.1, 0.15) is 5.69 Å². The Balaban J connectivity index is 1.80. The van der Waals surface area contributed by atoms with Crippen molar-refractivity contribution in [1.29, 1.82) is 0 Å². The van der Waals surface area contributed by atoms with Crippen molar-refractivity contribution in [3.05, 3.63) is 29.6 Å². The molecule has 0 bridgehead atoms. The SMILES string of the molecule is NC(=O)c1cccc(C2CCCN2C2CCCCC2)n1. The normalized spacial score (nSPS) is 24.9. The van der Waals surface area contributed by atoms with Crippen molar-refractivity contribution >= 4 is 5.91 Å². The summed E-state index contributed by atoms with van der Waals surface area (Å²) in [5.41, 5.74) is 6.75. The molecule has 1 aromatic heterocycles. The lowest BCUT2D eigenvalue weighted by molar-refractivity contribution is 0.0994. The van der Waals surface area contributed by atoms with Crippen molar-refractivity contribution in [1.82, 2.24) is 9.88 Å². The molecule has 1 unspecified atom stereocenters. The first-order chi connectivity index (χ1) is 9.75. The van der Waals surface area contributed by atoms with Crippen LogP contribution in [0.25, 0.3) is 0 Å². The lowest BCUT2D eigenvalue weighted by Gasteiger charge is -2.35. The Morgan fingerprint density at radius 3 is 2.70 bits per heavy atom. The third-order valence-electron chi connectivity index (χ3n) is 4.70. The first-order valence-corrected chi connectivity index (χ1v) is 7.78. The second kappa shape index (κ2) is 5.92. The van der Waals surface area contributed by atoms with Gasteiger partial charge in [-0.3, -0.25) is 9.69 Å². The average Bonchev–Trinajstić information content (AvgIpc) is 2.98. The summed E-state index contributed by atoms with van der Waals surface area (Å²) in [6, 6.07) is 6.72. The first-order valence-electron chi connectivity index (χ1n) is 7.78. The Hall–Kier alpha value is -1.42. The number of carbonyl (C=O) groups excluding carboxylic acids is 1. The van der Waals surface area contributed by atoms with Crippen molar-refractivity contribution in [2.75, 3.05) is 6.54 Å². The smallest absolute Gasteiger partial charge is 0.267 e. The van der Waals surface area contributed by atoms with E-state index in [2.05, 4.69) is 9.88 Å². The topological polar surface area (TPSA) is 59.2 Å². The third kappa shape index (κ3) is 2.70. The van der Waals surface area contributed by atoms with Gasteiger partial charge in [0.15, 0.2) is 0 Å². The molecule has 108 valence electrons. The van der Waals surface area contributed by atoms with Crippen LogP contribution in [0, 0.1) is 0 Å². The monoisotopic (exact) mass is 273 g/mol. The van der Waals surface area contributed by atoms with E-state index in [9.17, 15) is 4.79 Å². The molecule has 1 aliphatic heterocycles. The predicted octanol–water partition coefficient (Wildman–Crippen LogP) is 2.65. The summed E-state index contributed by atoms with van der Waals surface area (Å²) in [5, 5.41) is 0. The number of carbonyl (C=O) groups is 1. The highest BCUT2D eigenvalue weighted by Gasteiger charge is 2.33. The molecule has 1 amide bonds. The van der Waals surface area contributed by atoms with E-state index in [1.54, 1.807) is 6.07 Å². The van der Waals surface area contributed by atoms with Crippen LogP contribution >= 0.6 is 0 Å². The van der Waals surface area contributed by atoms with Crippen LogP contribution < -0.4 is 5.73 Å². The maximum Gasteiger partial charge on any atom is 0.267 e. The molecule has 0 aromatic carbocycles. The van der Waals surface area contributed by atoms with Gasteiger partial charge in [0.2, 0.25) is 0 Å². The van der Waals surface area contributed by atoms with E-state index in [0.29, 0.717) is 17.8 Å². The fourth-order valence-electron chi connectivity index (χ4n) is 3.73. The van der Waals surface area contributed by atoms with E-state index in [4.69, 9.17) is 5.73 Å². The van der Waals surface area contributed by atoms with Crippen LogP contribution in [0.2, 0.25) is 0 Å². The molecule has 2 heterocycles. The summed E-state index contributed by atoms with van der Waals surface area (Å²) >= 11 is 0. The second-order valence-corrected chi connectivity index (χ2v) is 6.00. The highest BCUT2D eigenvalue weighted by molar-refractivity contribution is 5.90. The van der Waals surface area contributed by atoms with Gasteiger partial charge in [0.05, 0.1) is 11.7 Å². The maximum atomic E-state index is 11.3. The van der Waals surface area contributed by atoms with Crippen molar-refractivity contribution < 1.29 is 4.79 Å². The summed E-state index contributed by atoms with van der Waals surface area (Å²) in [6.07, 6.45) is 9.07. The largest absolute Gasteiger partial charge is 0.364 e. The number of hydrogen-bond acceptors (Lipinski definition) is 3. The number of nitrogens with zero attached hydrogens (tertiary/aromatic N) is 2. The lowest BCUT2D eigenvalue weighted by atomic mass is 9.93. The number of hydrogen-bond donors (Lipinski definition) is 1. The average molecular weight is 273 g/mol. The first kappa shape index (κ1) is 13.6. The minimum Gasteiger partial charge on any atom is -0.364 e. The van der Waals surface area contributed by atoms with Gasteiger partial charge in [-0.1, -0.05) is 25.3 Å². The minimum atomic E-state index is -0.436. The molecule has 1 atom stereocenters. The number of rotatable bonds is 3. The van der Waals surface area contributed by atoms with E-state index in [1.165, 1.54) is 38.5 Å². The summed E-state index contributed by atoms with van der Waals surface area (Å²) in [6.45, 7) is 1.16.